The van der Waals surface area contributed by atoms with Gasteiger partial charge in [-0.3, -0.25) is 9.48 Å². The van der Waals surface area contributed by atoms with E-state index in [0.717, 1.165) is 44.7 Å². The number of hydrogen-bond donors (Lipinski definition) is 1. The molecule has 0 radical (unpaired) electrons. The third-order valence-corrected chi connectivity index (χ3v) is 4.95. The molecule has 0 bridgehead atoms. The lowest BCUT2D eigenvalue weighted by atomic mass is 9.97. The molecule has 0 aliphatic carbocycles. The third kappa shape index (κ3) is 5.55. The zero-order valence-corrected chi connectivity index (χ0v) is 16.7. The van der Waals surface area contributed by atoms with Crippen molar-refractivity contribution < 1.29 is 4.79 Å². The molecule has 1 N–H and O–H groups in total. The summed E-state index contributed by atoms with van der Waals surface area (Å²) in [6, 6.07) is 6.00. The number of pyridine rings is 1. The van der Waals surface area contributed by atoms with E-state index in [4.69, 9.17) is 0 Å². The second kappa shape index (κ2) is 8.55. The Bertz CT molecular complexity index is 718. The van der Waals surface area contributed by atoms with E-state index in [0.29, 0.717) is 5.56 Å². The fourth-order valence-corrected chi connectivity index (χ4v) is 3.43. The number of carbonyl (C=O) groups excluding carboxylic acids is 1. The first-order valence-electron chi connectivity index (χ1n) is 9.91. The van der Waals surface area contributed by atoms with Gasteiger partial charge in [0.05, 0.1) is 5.56 Å². The van der Waals surface area contributed by atoms with Crippen LogP contribution in [0.3, 0.4) is 0 Å². The molecule has 1 amide bonds. The summed E-state index contributed by atoms with van der Waals surface area (Å²) in [5.41, 5.74) is 0.855. The second-order valence-corrected chi connectivity index (χ2v) is 8.55. The summed E-state index contributed by atoms with van der Waals surface area (Å²) in [6.07, 6.45) is 9.72. The smallest absolute Gasteiger partial charge is 0.255 e. The monoisotopic (exact) mass is 369 g/mol. The lowest BCUT2D eigenvalue weighted by Crippen LogP contribution is -2.44. The maximum absolute atomic E-state index is 13.0. The first-order valence-corrected chi connectivity index (χ1v) is 9.91. The molecule has 1 fully saturated rings. The minimum atomic E-state index is 0.0926. The summed E-state index contributed by atoms with van der Waals surface area (Å²) in [7, 11) is 0. The van der Waals surface area contributed by atoms with Crippen LogP contribution in [-0.4, -0.2) is 44.7 Å². The predicted octanol–water partition coefficient (Wildman–Crippen LogP) is 3.82. The molecular weight excluding hydrogens is 338 g/mol. The normalized spacial score (nSPS) is 17.7. The molecule has 0 aromatic carbocycles. The molecule has 1 unspecified atom stereocenters. The molecule has 1 atom stereocenters. The highest BCUT2D eigenvalue weighted by Gasteiger charge is 2.27. The number of hydrogen-bond acceptors (Lipinski definition) is 4. The van der Waals surface area contributed by atoms with Gasteiger partial charge in [0.1, 0.15) is 5.82 Å². The fraction of sp³-hybridized carbons (Fsp3) is 0.571. The van der Waals surface area contributed by atoms with E-state index in [1.54, 1.807) is 12.4 Å². The van der Waals surface area contributed by atoms with Crippen molar-refractivity contribution in [3.8, 4) is 0 Å². The van der Waals surface area contributed by atoms with Gasteiger partial charge in [0.2, 0.25) is 0 Å². The minimum Gasteiger partial charge on any atom is -0.370 e. The lowest BCUT2D eigenvalue weighted by Gasteiger charge is -2.36. The molecule has 1 aliphatic rings. The Kier molecular flexibility index (Phi) is 6.14. The average molecular weight is 370 g/mol. The molecule has 27 heavy (non-hydrogen) atoms. The van der Waals surface area contributed by atoms with Gasteiger partial charge in [-0.15, -0.1) is 0 Å². The van der Waals surface area contributed by atoms with Crippen molar-refractivity contribution in [1.82, 2.24) is 19.7 Å². The standard InChI is InChI=1S/C21H31N5O/c1-21(2,3)16-23-19-9-8-17(15-22-19)20(27)26-13-5-4-7-18(26)10-14-25-12-6-11-24-25/h6,8-9,11-12,15,18H,4-5,7,10,13-14,16H2,1-3H3,(H,22,23). The van der Waals surface area contributed by atoms with E-state index in [9.17, 15) is 4.79 Å². The number of nitrogens with zero attached hydrogens (tertiary/aromatic N) is 4. The molecule has 6 heteroatoms. The summed E-state index contributed by atoms with van der Waals surface area (Å²) in [4.78, 5) is 19.5. The molecule has 1 aliphatic heterocycles. The number of nitrogens with one attached hydrogen (secondary N) is 1. The first kappa shape index (κ1) is 19.4. The second-order valence-electron chi connectivity index (χ2n) is 8.55. The fourth-order valence-electron chi connectivity index (χ4n) is 3.43. The molecule has 3 rings (SSSR count). The summed E-state index contributed by atoms with van der Waals surface area (Å²) in [5.74, 6) is 0.908. The van der Waals surface area contributed by atoms with Crippen molar-refractivity contribution in [3.05, 3.63) is 42.4 Å². The van der Waals surface area contributed by atoms with Crippen LogP contribution in [0.25, 0.3) is 0 Å². The molecular formula is C21H31N5O. The van der Waals surface area contributed by atoms with Crippen molar-refractivity contribution in [1.29, 1.82) is 0 Å². The molecule has 0 spiro atoms. The van der Waals surface area contributed by atoms with Gasteiger partial charge in [-0.05, 0) is 49.3 Å². The van der Waals surface area contributed by atoms with E-state index in [2.05, 4.69) is 36.2 Å². The Hall–Kier alpha value is -2.37. The summed E-state index contributed by atoms with van der Waals surface area (Å²) >= 11 is 0. The maximum Gasteiger partial charge on any atom is 0.255 e. The Morgan fingerprint density at radius 1 is 1.30 bits per heavy atom. The average Bonchev–Trinajstić information content (AvgIpc) is 3.18. The highest BCUT2D eigenvalue weighted by molar-refractivity contribution is 5.94. The molecule has 2 aromatic heterocycles. The lowest BCUT2D eigenvalue weighted by molar-refractivity contribution is 0.0593. The van der Waals surface area contributed by atoms with Crippen LogP contribution in [0.15, 0.2) is 36.8 Å². The van der Waals surface area contributed by atoms with Gasteiger partial charge >= 0.3 is 0 Å². The van der Waals surface area contributed by atoms with Crippen molar-refractivity contribution in [3.63, 3.8) is 0 Å². The molecule has 6 nitrogen and oxygen atoms in total. The van der Waals surface area contributed by atoms with E-state index >= 15 is 0 Å². The van der Waals surface area contributed by atoms with E-state index in [1.807, 2.05) is 34.0 Å². The summed E-state index contributed by atoms with van der Waals surface area (Å²) in [6.45, 7) is 9.05. The van der Waals surface area contributed by atoms with E-state index < -0.39 is 0 Å². The highest BCUT2D eigenvalue weighted by atomic mass is 16.2. The molecule has 146 valence electrons. The SMILES string of the molecule is CC(C)(C)CNc1ccc(C(=O)N2CCCCC2CCn2cccn2)cn1. The van der Waals surface area contributed by atoms with E-state index in [-0.39, 0.29) is 17.4 Å². The minimum absolute atomic E-state index is 0.0926. The number of carbonyl (C=O) groups is 1. The summed E-state index contributed by atoms with van der Waals surface area (Å²) < 4.78 is 1.94. The van der Waals surface area contributed by atoms with Gasteiger partial charge in [0, 0.05) is 44.3 Å². The van der Waals surface area contributed by atoms with Crippen molar-refractivity contribution >= 4 is 11.7 Å². The van der Waals surface area contributed by atoms with Crippen LogP contribution < -0.4 is 5.32 Å². The van der Waals surface area contributed by atoms with Crippen molar-refractivity contribution in [2.75, 3.05) is 18.4 Å². The number of amides is 1. The molecule has 2 aromatic rings. The largest absolute Gasteiger partial charge is 0.370 e. The van der Waals surface area contributed by atoms with Crippen molar-refractivity contribution in [2.45, 2.75) is 59.0 Å². The number of likely N-dealkylation sites (tertiary alicyclic amines) is 1. The van der Waals surface area contributed by atoms with Crippen LogP contribution in [0, 0.1) is 5.41 Å². The van der Waals surface area contributed by atoms with Crippen molar-refractivity contribution in [2.24, 2.45) is 5.41 Å². The zero-order chi connectivity index (χ0) is 19.3. The molecule has 1 saturated heterocycles. The Labute approximate surface area is 162 Å². The number of aromatic nitrogens is 3. The first-order chi connectivity index (χ1) is 12.9. The van der Waals surface area contributed by atoms with Crippen LogP contribution in [0.1, 0.15) is 56.8 Å². The third-order valence-electron chi connectivity index (χ3n) is 4.95. The molecule has 3 heterocycles. The maximum atomic E-state index is 13.0. The molecule has 0 saturated carbocycles. The Morgan fingerprint density at radius 3 is 2.81 bits per heavy atom. The van der Waals surface area contributed by atoms with Gasteiger partial charge in [-0.1, -0.05) is 20.8 Å². The van der Waals surface area contributed by atoms with Gasteiger partial charge in [-0.2, -0.15) is 5.10 Å². The summed E-state index contributed by atoms with van der Waals surface area (Å²) in [5, 5.41) is 7.60. The highest BCUT2D eigenvalue weighted by Crippen LogP contribution is 2.23. The van der Waals surface area contributed by atoms with Gasteiger partial charge in [0.25, 0.3) is 5.91 Å². The predicted molar refractivity (Wildman–Crippen MR) is 108 cm³/mol. The van der Waals surface area contributed by atoms with Gasteiger partial charge in [-0.25, -0.2) is 4.98 Å². The van der Waals surface area contributed by atoms with Crippen LogP contribution in [-0.2, 0) is 6.54 Å². The number of anilines is 1. The Morgan fingerprint density at radius 2 is 2.15 bits per heavy atom. The Balaban J connectivity index is 1.61. The van der Waals surface area contributed by atoms with Crippen LogP contribution >= 0.6 is 0 Å². The van der Waals surface area contributed by atoms with Gasteiger partial charge in [0.15, 0.2) is 0 Å². The number of rotatable bonds is 6. The number of aryl methyl sites for hydroxylation is 1. The van der Waals surface area contributed by atoms with Crippen LogP contribution in [0.5, 0.6) is 0 Å². The van der Waals surface area contributed by atoms with Crippen LogP contribution in [0.4, 0.5) is 5.82 Å². The van der Waals surface area contributed by atoms with Crippen LogP contribution in [0.2, 0.25) is 0 Å². The van der Waals surface area contributed by atoms with E-state index in [1.165, 1.54) is 6.42 Å². The number of piperidine rings is 1. The zero-order valence-electron chi connectivity index (χ0n) is 16.7. The quantitative estimate of drug-likeness (QED) is 0.841. The van der Waals surface area contributed by atoms with Gasteiger partial charge < -0.3 is 10.2 Å². The topological polar surface area (TPSA) is 63.1 Å².